The SMILES string of the molecule is CN1C(=O)C2CC=C3C(CC4C(=O)N(c5ccccc5)C(=O)C4(C)C3c3cc(Br)ccc3O)C2C1=O. The molecule has 2 aliphatic carbocycles. The van der Waals surface area contributed by atoms with Gasteiger partial charge < -0.3 is 5.11 Å². The molecule has 0 radical (unpaired) electrons. The normalized spacial score (nSPS) is 33.4. The molecule has 7 nitrogen and oxygen atoms in total. The minimum atomic E-state index is -1.17. The second-order valence-electron chi connectivity index (χ2n) is 10.4. The number of anilines is 1. The Morgan fingerprint density at radius 3 is 2.42 bits per heavy atom. The topological polar surface area (TPSA) is 95.0 Å². The van der Waals surface area contributed by atoms with E-state index in [0.29, 0.717) is 24.1 Å². The monoisotopic (exact) mass is 548 g/mol. The van der Waals surface area contributed by atoms with E-state index in [1.165, 1.54) is 16.8 Å². The number of carbonyl (C=O) groups excluding carboxylic acids is 4. The number of carbonyl (C=O) groups is 4. The number of para-hydroxylation sites is 1. The summed E-state index contributed by atoms with van der Waals surface area (Å²) < 4.78 is 0.732. The van der Waals surface area contributed by atoms with Crippen LogP contribution in [0.5, 0.6) is 5.75 Å². The van der Waals surface area contributed by atoms with E-state index in [-0.39, 0.29) is 35.3 Å². The van der Waals surface area contributed by atoms with Crippen molar-refractivity contribution in [1.29, 1.82) is 0 Å². The molecule has 0 aromatic heterocycles. The molecule has 2 aromatic rings. The molecule has 2 aliphatic heterocycles. The third-order valence-electron chi connectivity index (χ3n) is 8.81. The van der Waals surface area contributed by atoms with Crippen molar-refractivity contribution < 1.29 is 24.3 Å². The summed E-state index contributed by atoms with van der Waals surface area (Å²) in [7, 11) is 1.51. The lowest BCUT2D eigenvalue weighted by atomic mass is 9.51. The van der Waals surface area contributed by atoms with E-state index in [0.717, 1.165) is 10.0 Å². The van der Waals surface area contributed by atoms with E-state index in [4.69, 9.17) is 0 Å². The Labute approximate surface area is 216 Å². The fourth-order valence-corrected chi connectivity index (χ4v) is 7.48. The largest absolute Gasteiger partial charge is 0.508 e. The lowest BCUT2D eigenvalue weighted by Crippen LogP contribution is -2.48. The molecule has 1 saturated carbocycles. The van der Waals surface area contributed by atoms with Gasteiger partial charge >= 0.3 is 0 Å². The minimum absolute atomic E-state index is 0.0243. The van der Waals surface area contributed by atoms with Crippen LogP contribution in [-0.2, 0) is 19.2 Å². The molecule has 4 aliphatic rings. The van der Waals surface area contributed by atoms with Crippen LogP contribution in [0.4, 0.5) is 5.69 Å². The fourth-order valence-electron chi connectivity index (χ4n) is 7.10. The molecule has 6 atom stereocenters. The number of halogens is 1. The summed E-state index contributed by atoms with van der Waals surface area (Å²) in [4.78, 5) is 56.6. The van der Waals surface area contributed by atoms with Gasteiger partial charge in [0.15, 0.2) is 0 Å². The van der Waals surface area contributed by atoms with Crippen LogP contribution in [0.2, 0.25) is 0 Å². The first kappa shape index (κ1) is 23.2. The molecular formula is C28H25BrN2O5. The summed E-state index contributed by atoms with van der Waals surface area (Å²) in [6.07, 6.45) is 2.67. The zero-order valence-corrected chi connectivity index (χ0v) is 21.4. The number of phenols is 1. The van der Waals surface area contributed by atoms with E-state index >= 15 is 0 Å². The maximum Gasteiger partial charge on any atom is 0.241 e. The van der Waals surface area contributed by atoms with Crippen LogP contribution in [0.1, 0.15) is 31.2 Å². The summed E-state index contributed by atoms with van der Waals surface area (Å²) in [5.41, 5.74) is 0.725. The van der Waals surface area contributed by atoms with Crippen molar-refractivity contribution in [3.63, 3.8) is 0 Å². The first-order valence-electron chi connectivity index (χ1n) is 12.1. The highest BCUT2D eigenvalue weighted by atomic mass is 79.9. The second-order valence-corrected chi connectivity index (χ2v) is 11.4. The van der Waals surface area contributed by atoms with Gasteiger partial charge in [0, 0.05) is 23.0 Å². The second kappa shape index (κ2) is 7.87. The number of phenolic OH excluding ortho intramolecular Hbond substituents is 1. The number of rotatable bonds is 2. The predicted molar refractivity (Wildman–Crippen MR) is 135 cm³/mol. The van der Waals surface area contributed by atoms with E-state index in [1.54, 1.807) is 42.5 Å². The summed E-state index contributed by atoms with van der Waals surface area (Å²) in [6.45, 7) is 1.81. The Morgan fingerprint density at radius 1 is 0.972 bits per heavy atom. The van der Waals surface area contributed by atoms with Gasteiger partial charge in [-0.3, -0.25) is 24.1 Å². The van der Waals surface area contributed by atoms with Crippen LogP contribution in [0.15, 0.2) is 64.7 Å². The van der Waals surface area contributed by atoms with Gasteiger partial charge in [-0.25, -0.2) is 4.90 Å². The molecule has 4 amide bonds. The van der Waals surface area contributed by atoms with Crippen molar-refractivity contribution in [3.05, 3.63) is 70.2 Å². The Bertz CT molecular complexity index is 1370. The number of aromatic hydroxyl groups is 1. The number of nitrogens with zero attached hydrogens (tertiary/aromatic N) is 2. The van der Waals surface area contributed by atoms with E-state index in [2.05, 4.69) is 15.9 Å². The molecule has 1 N–H and O–H groups in total. The summed E-state index contributed by atoms with van der Waals surface area (Å²) >= 11 is 3.49. The Hall–Kier alpha value is -3.26. The van der Waals surface area contributed by atoms with Crippen molar-refractivity contribution >= 4 is 45.2 Å². The number of amides is 4. The molecule has 184 valence electrons. The maximum atomic E-state index is 14.2. The van der Waals surface area contributed by atoms with Crippen LogP contribution in [0.3, 0.4) is 0 Å². The standard InChI is InChI=1S/C28H25BrN2O5/c1-28-20(25(34)31(27(28)36)15-6-4-3-5-7-15)13-18-16(23(28)19-12-14(29)8-11-21(19)32)9-10-17-22(18)26(35)30(2)24(17)33/h3-9,11-12,17-18,20,22-23,32H,10,13H2,1-2H3. The van der Waals surface area contributed by atoms with Gasteiger partial charge in [-0.2, -0.15) is 0 Å². The van der Waals surface area contributed by atoms with Crippen LogP contribution >= 0.6 is 15.9 Å². The van der Waals surface area contributed by atoms with E-state index in [1.807, 2.05) is 19.1 Å². The molecule has 36 heavy (non-hydrogen) atoms. The van der Waals surface area contributed by atoms with Gasteiger partial charge in [0.05, 0.1) is 28.9 Å². The number of fused-ring (bicyclic) bond motifs is 4. The average molecular weight is 549 g/mol. The van der Waals surface area contributed by atoms with Crippen molar-refractivity contribution in [3.8, 4) is 5.75 Å². The third-order valence-corrected chi connectivity index (χ3v) is 9.30. The highest BCUT2D eigenvalue weighted by Crippen LogP contribution is 2.64. The van der Waals surface area contributed by atoms with Gasteiger partial charge in [0.25, 0.3) is 0 Å². The minimum Gasteiger partial charge on any atom is -0.508 e. The van der Waals surface area contributed by atoms with Gasteiger partial charge in [-0.05, 0) is 56.0 Å². The molecule has 6 unspecified atom stereocenters. The smallest absolute Gasteiger partial charge is 0.241 e. The molecule has 6 rings (SSSR count). The number of imide groups is 2. The first-order chi connectivity index (χ1) is 17.2. The number of hydrogen-bond donors (Lipinski definition) is 1. The Kier molecular flexibility index (Phi) is 5.06. The molecule has 0 spiro atoms. The number of likely N-dealkylation sites (tertiary alicyclic amines) is 1. The lowest BCUT2D eigenvalue weighted by Gasteiger charge is -2.49. The predicted octanol–water partition coefficient (Wildman–Crippen LogP) is 4.02. The molecule has 2 aromatic carbocycles. The zero-order valence-electron chi connectivity index (χ0n) is 19.8. The van der Waals surface area contributed by atoms with Crippen molar-refractivity contribution in [2.24, 2.45) is 29.1 Å². The Balaban J connectivity index is 1.57. The molecule has 2 saturated heterocycles. The first-order valence-corrected chi connectivity index (χ1v) is 12.9. The average Bonchev–Trinajstić information content (AvgIpc) is 3.21. The third kappa shape index (κ3) is 2.91. The Morgan fingerprint density at radius 2 is 1.69 bits per heavy atom. The lowest BCUT2D eigenvalue weighted by molar-refractivity contribution is -0.138. The fraction of sp³-hybridized carbons (Fsp3) is 0.357. The summed E-state index contributed by atoms with van der Waals surface area (Å²) in [6, 6.07) is 13.9. The van der Waals surface area contributed by atoms with Crippen LogP contribution in [0, 0.1) is 29.1 Å². The van der Waals surface area contributed by atoms with Crippen LogP contribution < -0.4 is 4.90 Å². The van der Waals surface area contributed by atoms with Crippen LogP contribution in [0.25, 0.3) is 0 Å². The van der Waals surface area contributed by atoms with Gasteiger partial charge in [0.1, 0.15) is 5.75 Å². The van der Waals surface area contributed by atoms with Gasteiger partial charge in [0.2, 0.25) is 23.6 Å². The molecular weight excluding hydrogens is 524 g/mol. The van der Waals surface area contributed by atoms with Gasteiger partial charge in [-0.1, -0.05) is 45.8 Å². The van der Waals surface area contributed by atoms with E-state index < -0.39 is 29.1 Å². The highest BCUT2D eigenvalue weighted by molar-refractivity contribution is 9.10. The summed E-state index contributed by atoms with van der Waals surface area (Å²) in [5, 5.41) is 11.0. The van der Waals surface area contributed by atoms with Crippen LogP contribution in [-0.4, -0.2) is 40.7 Å². The van der Waals surface area contributed by atoms with Crippen molar-refractivity contribution in [1.82, 2.24) is 4.90 Å². The van der Waals surface area contributed by atoms with Crippen molar-refractivity contribution in [2.75, 3.05) is 11.9 Å². The van der Waals surface area contributed by atoms with E-state index in [9.17, 15) is 24.3 Å². The number of benzene rings is 2. The zero-order chi connectivity index (χ0) is 25.5. The highest BCUT2D eigenvalue weighted by Gasteiger charge is 2.67. The maximum absolute atomic E-state index is 14.2. The number of hydrogen-bond acceptors (Lipinski definition) is 5. The molecule has 8 heteroatoms. The quantitative estimate of drug-likeness (QED) is 0.451. The molecule has 2 heterocycles. The van der Waals surface area contributed by atoms with Crippen molar-refractivity contribution in [2.45, 2.75) is 25.7 Å². The van der Waals surface area contributed by atoms with Gasteiger partial charge in [-0.15, -0.1) is 0 Å². The molecule has 3 fully saturated rings. The summed E-state index contributed by atoms with van der Waals surface area (Å²) in [5.74, 6) is -3.78. The molecule has 0 bridgehead atoms. The number of allylic oxidation sites excluding steroid dienone is 2.